The number of benzene rings is 2. The third-order valence-corrected chi connectivity index (χ3v) is 7.66. The molecule has 0 N–H and O–H groups in total. The Hall–Kier alpha value is -2.39. The molecule has 4 aromatic rings. The number of pyridine rings is 1. The summed E-state index contributed by atoms with van der Waals surface area (Å²) in [5.74, 6) is 2.89. The van der Waals surface area contributed by atoms with Gasteiger partial charge >= 0.3 is 0 Å². The summed E-state index contributed by atoms with van der Waals surface area (Å²) >= 11 is 1.95. The van der Waals surface area contributed by atoms with Gasteiger partial charge in [0.15, 0.2) is 6.20 Å². The van der Waals surface area contributed by atoms with Crippen molar-refractivity contribution in [2.45, 2.75) is 39.0 Å². The van der Waals surface area contributed by atoms with Crippen LogP contribution in [0.5, 0.6) is 11.5 Å². The largest absolute Gasteiger partial charge is 0.449 e. The summed E-state index contributed by atoms with van der Waals surface area (Å²) in [5, 5.41) is 3.76. The Labute approximate surface area is 169 Å². The van der Waals surface area contributed by atoms with Gasteiger partial charge in [-0.25, -0.2) is 0 Å². The van der Waals surface area contributed by atoms with Gasteiger partial charge in [0.2, 0.25) is 5.75 Å². The van der Waals surface area contributed by atoms with E-state index < -0.39 is 0 Å². The van der Waals surface area contributed by atoms with Gasteiger partial charge in [-0.2, -0.15) is 4.57 Å². The molecular formula is C25H24NOS+. The van der Waals surface area contributed by atoms with Crippen molar-refractivity contribution >= 4 is 32.2 Å². The van der Waals surface area contributed by atoms with Crippen LogP contribution in [-0.2, 0) is 13.5 Å². The normalized spacial score (nSPS) is 15.9. The third-order valence-electron chi connectivity index (χ3n) is 6.56. The molecule has 1 aliphatic heterocycles. The number of hydrogen-bond acceptors (Lipinski definition) is 2. The maximum Gasteiger partial charge on any atom is 0.257 e. The van der Waals surface area contributed by atoms with Crippen LogP contribution in [-0.4, -0.2) is 0 Å². The molecular weight excluding hydrogens is 362 g/mol. The van der Waals surface area contributed by atoms with Crippen molar-refractivity contribution in [3.05, 3.63) is 53.0 Å². The number of nitrogens with zero attached hydrogens (tertiary/aromatic N) is 1. The molecule has 1 saturated carbocycles. The zero-order valence-corrected chi connectivity index (χ0v) is 17.2. The molecule has 3 heterocycles. The highest BCUT2D eigenvalue weighted by Gasteiger charge is 2.32. The molecule has 1 fully saturated rings. The van der Waals surface area contributed by atoms with E-state index in [9.17, 15) is 0 Å². The molecule has 0 unspecified atom stereocenters. The Morgan fingerprint density at radius 1 is 1.14 bits per heavy atom. The van der Waals surface area contributed by atoms with Gasteiger partial charge in [0.05, 0.1) is 5.56 Å². The van der Waals surface area contributed by atoms with Gasteiger partial charge in [-0.3, -0.25) is 0 Å². The first-order valence-electron chi connectivity index (χ1n) is 10.3. The fourth-order valence-electron chi connectivity index (χ4n) is 5.20. The molecule has 0 spiro atoms. The summed E-state index contributed by atoms with van der Waals surface area (Å²) in [6.45, 7) is 2.21. The first-order valence-corrected chi connectivity index (χ1v) is 11.2. The second kappa shape index (κ2) is 6.05. The van der Waals surface area contributed by atoms with Crippen molar-refractivity contribution in [3.63, 3.8) is 0 Å². The molecule has 140 valence electrons. The second-order valence-corrected chi connectivity index (χ2v) is 9.65. The SMILES string of the molecule is Cc1ccc2cccc3c2c1-c1c(c2cc(CC4CCCC4)sc2c[n+]1C)O3. The van der Waals surface area contributed by atoms with Gasteiger partial charge < -0.3 is 4.74 Å². The number of thiophene rings is 1. The molecule has 2 aromatic heterocycles. The van der Waals surface area contributed by atoms with Crippen LogP contribution in [0.1, 0.15) is 36.1 Å². The van der Waals surface area contributed by atoms with E-state index in [1.54, 1.807) is 0 Å². The van der Waals surface area contributed by atoms with Crippen LogP contribution < -0.4 is 9.30 Å². The smallest absolute Gasteiger partial charge is 0.257 e. The maximum absolute atomic E-state index is 6.57. The van der Waals surface area contributed by atoms with Crippen molar-refractivity contribution in [2.75, 3.05) is 0 Å². The minimum absolute atomic E-state index is 0.871. The zero-order chi connectivity index (χ0) is 18.8. The summed E-state index contributed by atoms with van der Waals surface area (Å²) in [6.07, 6.45) is 9.12. The molecule has 3 heteroatoms. The quantitative estimate of drug-likeness (QED) is 0.308. The van der Waals surface area contributed by atoms with Gasteiger partial charge in [0, 0.05) is 15.6 Å². The topological polar surface area (TPSA) is 13.1 Å². The van der Waals surface area contributed by atoms with Crippen LogP contribution in [0.25, 0.3) is 32.1 Å². The molecule has 28 heavy (non-hydrogen) atoms. The fourth-order valence-corrected chi connectivity index (χ4v) is 6.45. The van der Waals surface area contributed by atoms with E-state index >= 15 is 0 Å². The van der Waals surface area contributed by atoms with Crippen molar-refractivity contribution in [1.29, 1.82) is 0 Å². The number of aryl methyl sites for hydroxylation is 2. The van der Waals surface area contributed by atoms with Crippen LogP contribution in [0.2, 0.25) is 0 Å². The Morgan fingerprint density at radius 3 is 2.86 bits per heavy atom. The molecule has 0 radical (unpaired) electrons. The van der Waals surface area contributed by atoms with E-state index in [-0.39, 0.29) is 0 Å². The molecule has 2 aliphatic rings. The molecule has 0 saturated heterocycles. The van der Waals surface area contributed by atoms with Gasteiger partial charge in [0.25, 0.3) is 5.69 Å². The fraction of sp³-hybridized carbons (Fsp3) is 0.320. The maximum atomic E-state index is 6.57. The highest BCUT2D eigenvalue weighted by molar-refractivity contribution is 7.19. The Kier molecular flexibility index (Phi) is 3.58. The van der Waals surface area contributed by atoms with Crippen molar-refractivity contribution in [1.82, 2.24) is 0 Å². The number of aromatic nitrogens is 1. The number of fused-ring (bicyclic) bond motifs is 4. The lowest BCUT2D eigenvalue weighted by Gasteiger charge is -2.21. The lowest BCUT2D eigenvalue weighted by Crippen LogP contribution is -2.32. The predicted molar refractivity (Wildman–Crippen MR) is 116 cm³/mol. The van der Waals surface area contributed by atoms with Crippen LogP contribution in [0.15, 0.2) is 42.6 Å². The predicted octanol–water partition coefficient (Wildman–Crippen LogP) is 6.69. The minimum atomic E-state index is 0.871. The van der Waals surface area contributed by atoms with Crippen molar-refractivity contribution < 1.29 is 9.30 Å². The Balaban J connectivity index is 1.60. The van der Waals surface area contributed by atoms with Crippen LogP contribution in [0.3, 0.4) is 0 Å². The summed E-state index contributed by atoms with van der Waals surface area (Å²) in [5.41, 5.74) is 3.84. The Bertz CT molecular complexity index is 1250. The monoisotopic (exact) mass is 386 g/mol. The van der Waals surface area contributed by atoms with Crippen LogP contribution in [0.4, 0.5) is 0 Å². The number of rotatable bonds is 2. The van der Waals surface area contributed by atoms with Crippen LogP contribution >= 0.6 is 11.3 Å². The molecule has 2 aromatic carbocycles. The molecule has 1 aliphatic carbocycles. The van der Waals surface area contributed by atoms with E-state index in [0.717, 1.165) is 17.4 Å². The van der Waals surface area contributed by atoms with Gasteiger partial charge in [-0.1, -0.05) is 49.9 Å². The molecule has 0 amide bonds. The van der Waals surface area contributed by atoms with E-state index in [0.29, 0.717) is 0 Å². The molecule has 0 atom stereocenters. The van der Waals surface area contributed by atoms with Crippen molar-refractivity contribution in [3.8, 4) is 22.8 Å². The van der Waals surface area contributed by atoms with Gasteiger partial charge in [-0.15, -0.1) is 11.3 Å². The van der Waals surface area contributed by atoms with E-state index in [1.165, 1.54) is 74.7 Å². The van der Waals surface area contributed by atoms with E-state index in [4.69, 9.17) is 4.74 Å². The lowest BCUT2D eigenvalue weighted by atomic mass is 9.93. The number of hydrogen-bond donors (Lipinski definition) is 0. The zero-order valence-electron chi connectivity index (χ0n) is 16.4. The lowest BCUT2D eigenvalue weighted by molar-refractivity contribution is -0.659. The Morgan fingerprint density at radius 2 is 2.00 bits per heavy atom. The molecule has 0 bridgehead atoms. The van der Waals surface area contributed by atoms with E-state index in [1.807, 2.05) is 11.3 Å². The van der Waals surface area contributed by atoms with Crippen LogP contribution in [0, 0.1) is 12.8 Å². The third kappa shape index (κ3) is 2.35. The molecule has 6 rings (SSSR count). The summed E-state index contributed by atoms with van der Waals surface area (Å²) in [7, 11) is 2.16. The average molecular weight is 387 g/mol. The van der Waals surface area contributed by atoms with Crippen molar-refractivity contribution in [2.24, 2.45) is 13.0 Å². The molecule has 2 nitrogen and oxygen atoms in total. The highest BCUT2D eigenvalue weighted by Crippen LogP contribution is 2.49. The standard InChI is InChI=1S/C25H24NOS/c1-15-10-11-17-8-5-9-20-23(17)22(15)24-25(27-20)19-13-18(12-16-6-3-4-7-16)28-21(19)14-26(24)2/h5,8-11,13-14,16H,3-4,6-7,12H2,1-2H3/q+1. The summed E-state index contributed by atoms with van der Waals surface area (Å²) in [4.78, 5) is 1.51. The minimum Gasteiger partial charge on any atom is -0.449 e. The second-order valence-electron chi connectivity index (χ2n) is 8.48. The highest BCUT2D eigenvalue weighted by atomic mass is 32.1. The number of ether oxygens (including phenoxy) is 1. The van der Waals surface area contributed by atoms with Gasteiger partial charge in [-0.05, 0) is 42.3 Å². The summed E-state index contributed by atoms with van der Waals surface area (Å²) in [6, 6.07) is 13.2. The summed E-state index contributed by atoms with van der Waals surface area (Å²) < 4.78 is 10.2. The first-order chi connectivity index (χ1) is 13.7. The van der Waals surface area contributed by atoms with E-state index in [2.05, 4.69) is 61.1 Å². The van der Waals surface area contributed by atoms with Gasteiger partial charge in [0.1, 0.15) is 17.5 Å². The average Bonchev–Trinajstić information content (AvgIpc) is 3.34. The first kappa shape index (κ1) is 16.6.